The van der Waals surface area contributed by atoms with E-state index >= 15 is 0 Å². The van der Waals surface area contributed by atoms with Gasteiger partial charge < -0.3 is 11.1 Å². The van der Waals surface area contributed by atoms with Crippen molar-refractivity contribution in [3.63, 3.8) is 0 Å². The fourth-order valence-electron chi connectivity index (χ4n) is 1.34. The minimum Gasteiger partial charge on any atom is -0.389 e. The average molecular weight is 283 g/mol. The number of thiocarbonyl (C=S) groups is 1. The minimum absolute atomic E-state index is 0.154. The van der Waals surface area contributed by atoms with Gasteiger partial charge in [-0.25, -0.2) is 4.39 Å². The van der Waals surface area contributed by atoms with Crippen LogP contribution in [0.5, 0.6) is 0 Å². The summed E-state index contributed by atoms with van der Waals surface area (Å²) in [7, 11) is 0. The molecular formula is C11H8ClFN4S. The van der Waals surface area contributed by atoms with E-state index in [1.54, 1.807) is 12.1 Å². The second-order valence-corrected chi connectivity index (χ2v) is 4.28. The summed E-state index contributed by atoms with van der Waals surface area (Å²) in [5.41, 5.74) is 6.25. The summed E-state index contributed by atoms with van der Waals surface area (Å²) in [5.74, 6) is -0.201. The summed E-state index contributed by atoms with van der Waals surface area (Å²) >= 11 is 10.5. The van der Waals surface area contributed by atoms with E-state index in [4.69, 9.17) is 29.6 Å². The predicted octanol–water partition coefficient (Wildman–Crippen LogP) is 2.65. The van der Waals surface area contributed by atoms with Crippen LogP contribution in [0.15, 0.2) is 30.5 Å². The van der Waals surface area contributed by atoms with Crippen molar-refractivity contribution in [2.45, 2.75) is 0 Å². The third kappa shape index (κ3) is 2.72. The predicted molar refractivity (Wildman–Crippen MR) is 72.6 cm³/mol. The van der Waals surface area contributed by atoms with Crippen molar-refractivity contribution in [2.75, 3.05) is 5.32 Å². The molecule has 2 rings (SSSR count). The smallest absolute Gasteiger partial charge is 0.163 e. The maximum Gasteiger partial charge on any atom is 0.163 e. The van der Waals surface area contributed by atoms with Crippen molar-refractivity contribution in [1.82, 2.24) is 10.2 Å². The van der Waals surface area contributed by atoms with Gasteiger partial charge in [-0.1, -0.05) is 23.8 Å². The van der Waals surface area contributed by atoms with Gasteiger partial charge in [-0.15, -0.1) is 5.10 Å². The molecular weight excluding hydrogens is 275 g/mol. The summed E-state index contributed by atoms with van der Waals surface area (Å²) in [6, 6.07) is 5.85. The summed E-state index contributed by atoms with van der Waals surface area (Å²) < 4.78 is 13.6. The van der Waals surface area contributed by atoms with E-state index in [9.17, 15) is 4.39 Å². The van der Waals surface area contributed by atoms with Gasteiger partial charge in [-0.3, -0.25) is 0 Å². The van der Waals surface area contributed by atoms with Crippen LogP contribution in [-0.4, -0.2) is 15.2 Å². The number of nitrogens with zero attached hydrogens (tertiary/aromatic N) is 2. The quantitative estimate of drug-likeness (QED) is 0.848. The van der Waals surface area contributed by atoms with E-state index in [1.807, 2.05) is 0 Å². The summed E-state index contributed by atoms with van der Waals surface area (Å²) in [6.07, 6.45) is 1.46. The van der Waals surface area contributed by atoms with Crippen molar-refractivity contribution in [2.24, 2.45) is 5.73 Å². The highest BCUT2D eigenvalue weighted by Crippen LogP contribution is 2.23. The van der Waals surface area contributed by atoms with Crippen LogP contribution in [0, 0.1) is 5.82 Å². The number of anilines is 2. The second kappa shape index (κ2) is 5.24. The molecule has 1 heterocycles. The standard InChI is InChI=1S/C11H8ClFN4S/c12-6-1-2-9(8(13)5-6)16-11-7(10(14)18)3-4-15-17-11/h1-5H,(H2,14,18)(H,16,17). The Bertz CT molecular complexity index is 605. The number of hydrogen-bond acceptors (Lipinski definition) is 4. The van der Waals surface area contributed by atoms with E-state index in [2.05, 4.69) is 15.5 Å². The molecule has 0 aliphatic carbocycles. The SMILES string of the molecule is NC(=S)c1ccnnc1Nc1ccc(Cl)cc1F. The van der Waals surface area contributed by atoms with E-state index in [0.717, 1.165) is 0 Å². The van der Waals surface area contributed by atoms with Crippen LogP contribution in [0.3, 0.4) is 0 Å². The fraction of sp³-hybridized carbons (Fsp3) is 0. The number of nitrogens with two attached hydrogens (primary N) is 1. The number of halogens is 2. The Labute approximate surface area is 113 Å². The number of hydrogen-bond donors (Lipinski definition) is 2. The molecule has 2 aromatic rings. The maximum atomic E-state index is 13.6. The van der Waals surface area contributed by atoms with Crippen LogP contribution in [0.2, 0.25) is 5.02 Å². The molecule has 0 aliphatic rings. The highest BCUT2D eigenvalue weighted by Gasteiger charge is 2.09. The summed E-state index contributed by atoms with van der Waals surface area (Å²) in [4.78, 5) is 0.154. The molecule has 4 nitrogen and oxygen atoms in total. The number of nitrogens with one attached hydrogen (secondary N) is 1. The van der Waals surface area contributed by atoms with Crippen LogP contribution in [0.4, 0.5) is 15.9 Å². The van der Waals surface area contributed by atoms with Crippen molar-refractivity contribution in [3.8, 4) is 0 Å². The van der Waals surface area contributed by atoms with Gasteiger partial charge in [0.25, 0.3) is 0 Å². The van der Waals surface area contributed by atoms with Crippen LogP contribution in [-0.2, 0) is 0 Å². The Morgan fingerprint density at radius 2 is 2.17 bits per heavy atom. The average Bonchev–Trinajstić information content (AvgIpc) is 2.33. The zero-order valence-electron chi connectivity index (χ0n) is 9.02. The van der Waals surface area contributed by atoms with Crippen LogP contribution < -0.4 is 11.1 Å². The van der Waals surface area contributed by atoms with Crippen LogP contribution in [0.25, 0.3) is 0 Å². The lowest BCUT2D eigenvalue weighted by Gasteiger charge is -2.09. The second-order valence-electron chi connectivity index (χ2n) is 3.41. The Balaban J connectivity index is 2.37. The lowest BCUT2D eigenvalue weighted by molar-refractivity contribution is 0.632. The van der Waals surface area contributed by atoms with Gasteiger partial charge in [0.1, 0.15) is 10.8 Å². The van der Waals surface area contributed by atoms with Crippen molar-refractivity contribution in [1.29, 1.82) is 0 Å². The molecule has 0 atom stereocenters. The molecule has 1 aromatic heterocycles. The van der Waals surface area contributed by atoms with Gasteiger partial charge in [-0.05, 0) is 24.3 Å². The molecule has 7 heteroatoms. The Morgan fingerprint density at radius 1 is 1.39 bits per heavy atom. The van der Waals surface area contributed by atoms with Gasteiger partial charge >= 0.3 is 0 Å². The van der Waals surface area contributed by atoms with Gasteiger partial charge in [0, 0.05) is 5.02 Å². The topological polar surface area (TPSA) is 63.8 Å². The van der Waals surface area contributed by atoms with Gasteiger partial charge in [0.05, 0.1) is 17.4 Å². The first-order valence-corrected chi connectivity index (χ1v) is 5.70. The number of rotatable bonds is 3. The molecule has 0 bridgehead atoms. The third-order valence-corrected chi connectivity index (χ3v) is 2.63. The first-order valence-electron chi connectivity index (χ1n) is 4.91. The molecule has 0 aliphatic heterocycles. The molecule has 92 valence electrons. The van der Waals surface area contributed by atoms with Crippen molar-refractivity contribution >= 4 is 40.3 Å². The van der Waals surface area contributed by atoms with Crippen LogP contribution in [0.1, 0.15) is 5.56 Å². The molecule has 0 unspecified atom stereocenters. The number of aromatic nitrogens is 2. The third-order valence-electron chi connectivity index (χ3n) is 2.17. The lowest BCUT2D eigenvalue weighted by Crippen LogP contribution is -2.13. The number of benzene rings is 1. The maximum absolute atomic E-state index is 13.6. The largest absolute Gasteiger partial charge is 0.389 e. The van der Waals surface area contributed by atoms with Crippen molar-refractivity contribution < 1.29 is 4.39 Å². The molecule has 0 radical (unpaired) electrons. The highest BCUT2D eigenvalue weighted by atomic mass is 35.5. The monoisotopic (exact) mass is 282 g/mol. The minimum atomic E-state index is -0.498. The van der Waals surface area contributed by atoms with Crippen LogP contribution >= 0.6 is 23.8 Å². The lowest BCUT2D eigenvalue weighted by atomic mass is 10.2. The first kappa shape index (κ1) is 12.7. The van der Waals surface area contributed by atoms with E-state index < -0.39 is 5.82 Å². The van der Waals surface area contributed by atoms with E-state index in [-0.39, 0.29) is 10.7 Å². The van der Waals surface area contributed by atoms with Crippen molar-refractivity contribution in [3.05, 3.63) is 46.9 Å². The van der Waals surface area contributed by atoms with Gasteiger partial charge in [0.2, 0.25) is 0 Å². The van der Waals surface area contributed by atoms with E-state index in [1.165, 1.54) is 18.3 Å². The van der Waals surface area contributed by atoms with Gasteiger partial charge in [0.15, 0.2) is 5.82 Å². The first-order chi connectivity index (χ1) is 8.58. The zero-order chi connectivity index (χ0) is 13.1. The van der Waals surface area contributed by atoms with Gasteiger partial charge in [-0.2, -0.15) is 5.10 Å². The highest BCUT2D eigenvalue weighted by molar-refractivity contribution is 7.80. The molecule has 0 spiro atoms. The van der Waals surface area contributed by atoms with E-state index in [0.29, 0.717) is 16.4 Å². The molecule has 0 fully saturated rings. The fourth-order valence-corrected chi connectivity index (χ4v) is 1.66. The normalized spacial score (nSPS) is 10.1. The molecule has 0 saturated heterocycles. The Kier molecular flexibility index (Phi) is 3.69. The molecule has 18 heavy (non-hydrogen) atoms. The molecule has 1 aromatic carbocycles. The summed E-state index contributed by atoms with van der Waals surface area (Å²) in [6.45, 7) is 0. The molecule has 3 N–H and O–H groups in total. The Morgan fingerprint density at radius 3 is 2.83 bits per heavy atom. The Hall–Kier alpha value is -1.79. The molecule has 0 saturated carbocycles. The zero-order valence-corrected chi connectivity index (χ0v) is 10.6. The summed E-state index contributed by atoms with van der Waals surface area (Å²) in [5, 5.41) is 10.6. The molecule has 0 amide bonds.